The van der Waals surface area contributed by atoms with Gasteiger partial charge in [0, 0.05) is 37.7 Å². The Morgan fingerprint density at radius 1 is 1.47 bits per heavy atom. The van der Waals surface area contributed by atoms with Gasteiger partial charge >= 0.3 is 5.69 Å². The van der Waals surface area contributed by atoms with E-state index in [1.807, 2.05) is 0 Å². The van der Waals surface area contributed by atoms with Crippen LogP contribution in [0.3, 0.4) is 0 Å². The van der Waals surface area contributed by atoms with Crippen molar-refractivity contribution in [3.8, 4) is 0 Å². The van der Waals surface area contributed by atoms with E-state index >= 15 is 0 Å². The van der Waals surface area contributed by atoms with Crippen molar-refractivity contribution in [3.05, 3.63) is 34.1 Å². The summed E-state index contributed by atoms with van der Waals surface area (Å²) in [6.45, 7) is 0.218. The number of hydrogen-bond acceptors (Lipinski definition) is 5. The third kappa shape index (κ3) is 2.44. The molecular weight excluding hydrogens is 279 g/mol. The summed E-state index contributed by atoms with van der Waals surface area (Å²) in [4.78, 5) is 9.20. The quantitative estimate of drug-likeness (QED) is 0.637. The highest BCUT2D eigenvalue weighted by Crippen LogP contribution is 2.27. The van der Waals surface area contributed by atoms with Crippen LogP contribution in [-0.2, 0) is 10.0 Å². The van der Waals surface area contributed by atoms with E-state index in [1.165, 1.54) is 0 Å². The van der Waals surface area contributed by atoms with Gasteiger partial charge in [-0.2, -0.15) is 8.70 Å². The number of aliphatic hydroxyl groups excluding tert-OH is 1. The van der Waals surface area contributed by atoms with E-state index in [-0.39, 0.29) is 30.5 Å². The summed E-state index contributed by atoms with van der Waals surface area (Å²) in [6, 6.07) is 2.47. The molecule has 0 spiro atoms. The molecular formula is C10H11FN2O5S. The molecule has 2 rings (SSSR count). The van der Waals surface area contributed by atoms with Crippen LogP contribution in [0, 0.1) is 21.8 Å². The highest BCUT2D eigenvalue weighted by molar-refractivity contribution is 7.89. The fourth-order valence-electron chi connectivity index (χ4n) is 1.78. The molecule has 19 heavy (non-hydrogen) atoms. The normalized spacial score (nSPS) is 17.2. The van der Waals surface area contributed by atoms with Crippen LogP contribution in [0.1, 0.15) is 0 Å². The number of nitro benzene ring substituents is 1. The van der Waals surface area contributed by atoms with E-state index in [4.69, 9.17) is 5.11 Å². The van der Waals surface area contributed by atoms with Gasteiger partial charge in [-0.3, -0.25) is 10.1 Å². The number of halogens is 1. The Morgan fingerprint density at radius 3 is 2.58 bits per heavy atom. The number of benzene rings is 1. The van der Waals surface area contributed by atoms with Gasteiger partial charge in [0.15, 0.2) is 0 Å². The van der Waals surface area contributed by atoms with Crippen LogP contribution < -0.4 is 0 Å². The Balaban J connectivity index is 2.27. The second kappa shape index (κ2) is 4.83. The van der Waals surface area contributed by atoms with Gasteiger partial charge in [-0.25, -0.2) is 8.42 Å². The lowest BCUT2D eigenvalue weighted by Crippen LogP contribution is -2.51. The first-order valence-electron chi connectivity index (χ1n) is 5.41. The average molecular weight is 290 g/mol. The van der Waals surface area contributed by atoms with Crippen LogP contribution in [0.25, 0.3) is 0 Å². The molecule has 1 N–H and O–H groups in total. The predicted molar refractivity (Wildman–Crippen MR) is 62.4 cm³/mol. The van der Waals surface area contributed by atoms with Gasteiger partial charge in [0.1, 0.15) is 0 Å². The first kappa shape index (κ1) is 13.8. The zero-order valence-electron chi connectivity index (χ0n) is 9.69. The third-order valence-electron chi connectivity index (χ3n) is 2.94. The minimum absolute atomic E-state index is 0.110. The maximum atomic E-state index is 13.4. The lowest BCUT2D eigenvalue weighted by molar-refractivity contribution is -0.387. The molecule has 0 unspecified atom stereocenters. The summed E-state index contributed by atoms with van der Waals surface area (Å²) in [5.74, 6) is -1.30. The van der Waals surface area contributed by atoms with Gasteiger partial charge in [-0.05, 0) is 6.07 Å². The largest absolute Gasteiger partial charge is 0.396 e. The minimum atomic E-state index is -3.85. The van der Waals surface area contributed by atoms with E-state index in [0.717, 1.165) is 16.4 Å². The van der Waals surface area contributed by atoms with E-state index in [0.29, 0.717) is 6.07 Å². The molecule has 104 valence electrons. The zero-order valence-corrected chi connectivity index (χ0v) is 10.5. The SMILES string of the molecule is O=[N+]([O-])c1ccc(S(=O)(=O)N2CC(CO)C2)cc1F. The smallest absolute Gasteiger partial charge is 0.304 e. The Hall–Kier alpha value is -1.58. The summed E-state index contributed by atoms with van der Waals surface area (Å²) < 4.78 is 38.5. The molecule has 0 atom stereocenters. The van der Waals surface area contributed by atoms with E-state index in [2.05, 4.69) is 0 Å². The van der Waals surface area contributed by atoms with E-state index < -0.39 is 26.5 Å². The van der Waals surface area contributed by atoms with Crippen LogP contribution in [0.4, 0.5) is 10.1 Å². The standard InChI is InChI=1S/C10H11FN2O5S/c11-9-3-8(1-2-10(9)13(15)16)19(17,18)12-4-7(5-12)6-14/h1-3,7,14H,4-6H2. The van der Waals surface area contributed by atoms with Gasteiger partial charge in [0.25, 0.3) is 0 Å². The summed E-state index contributed by atoms with van der Waals surface area (Å²) in [5, 5.41) is 19.3. The fourth-order valence-corrected chi connectivity index (χ4v) is 3.38. The molecule has 7 nitrogen and oxygen atoms in total. The molecule has 1 fully saturated rings. The first-order chi connectivity index (χ1) is 8.86. The Bertz CT molecular complexity index is 612. The first-order valence-corrected chi connectivity index (χ1v) is 6.85. The summed E-state index contributed by atoms with van der Waals surface area (Å²) in [5.41, 5.74) is -0.768. The number of hydrogen-bond donors (Lipinski definition) is 1. The maximum absolute atomic E-state index is 13.4. The zero-order chi connectivity index (χ0) is 14.2. The van der Waals surface area contributed by atoms with Crippen molar-refractivity contribution in [3.63, 3.8) is 0 Å². The van der Waals surface area contributed by atoms with Crippen LogP contribution >= 0.6 is 0 Å². The highest BCUT2D eigenvalue weighted by atomic mass is 32.2. The van der Waals surface area contributed by atoms with Crippen molar-refractivity contribution >= 4 is 15.7 Å². The van der Waals surface area contributed by atoms with Gasteiger partial charge in [-0.15, -0.1) is 0 Å². The molecule has 1 aromatic rings. The van der Waals surface area contributed by atoms with Crippen molar-refractivity contribution in [2.75, 3.05) is 19.7 Å². The lowest BCUT2D eigenvalue weighted by Gasteiger charge is -2.36. The van der Waals surface area contributed by atoms with Gasteiger partial charge in [-0.1, -0.05) is 0 Å². The summed E-state index contributed by atoms with van der Waals surface area (Å²) in [7, 11) is -3.85. The second-order valence-corrected chi connectivity index (χ2v) is 6.18. The van der Waals surface area contributed by atoms with Crippen molar-refractivity contribution in [2.45, 2.75) is 4.90 Å². The number of aliphatic hydroxyl groups is 1. The fraction of sp³-hybridized carbons (Fsp3) is 0.400. The van der Waals surface area contributed by atoms with Crippen molar-refractivity contribution in [2.24, 2.45) is 5.92 Å². The molecule has 0 aromatic heterocycles. The van der Waals surface area contributed by atoms with E-state index in [9.17, 15) is 22.9 Å². The molecule has 0 saturated carbocycles. The number of nitrogens with zero attached hydrogens (tertiary/aromatic N) is 2. The predicted octanol–water partition coefficient (Wildman–Crippen LogP) is 0.347. The van der Waals surface area contributed by atoms with Crippen LogP contribution in [-0.4, -0.2) is 42.4 Å². The van der Waals surface area contributed by atoms with Crippen molar-refractivity contribution in [1.82, 2.24) is 4.31 Å². The third-order valence-corrected chi connectivity index (χ3v) is 4.76. The van der Waals surface area contributed by atoms with Crippen molar-refractivity contribution < 1.29 is 22.8 Å². The molecule has 0 radical (unpaired) electrons. The molecule has 1 aliphatic rings. The molecule has 0 amide bonds. The molecule has 1 aromatic carbocycles. The van der Waals surface area contributed by atoms with E-state index in [1.54, 1.807) is 0 Å². The molecule has 9 heteroatoms. The van der Waals surface area contributed by atoms with Gasteiger partial charge < -0.3 is 5.11 Å². The number of sulfonamides is 1. The lowest BCUT2D eigenvalue weighted by atomic mass is 10.1. The van der Waals surface area contributed by atoms with Crippen LogP contribution in [0.5, 0.6) is 0 Å². The second-order valence-electron chi connectivity index (χ2n) is 4.24. The summed E-state index contributed by atoms with van der Waals surface area (Å²) >= 11 is 0. The number of nitro groups is 1. The molecule has 1 saturated heterocycles. The molecule has 1 aliphatic heterocycles. The van der Waals surface area contributed by atoms with Gasteiger partial charge in [0.2, 0.25) is 15.8 Å². The summed E-state index contributed by atoms with van der Waals surface area (Å²) in [6.07, 6.45) is 0. The monoisotopic (exact) mass is 290 g/mol. The molecule has 0 aliphatic carbocycles. The van der Waals surface area contributed by atoms with Gasteiger partial charge in [0.05, 0.1) is 9.82 Å². The topological polar surface area (TPSA) is 101 Å². The van der Waals surface area contributed by atoms with Crippen LogP contribution in [0.15, 0.2) is 23.1 Å². The average Bonchev–Trinajstić information content (AvgIpc) is 2.26. The Labute approximate surface area is 108 Å². The highest BCUT2D eigenvalue weighted by Gasteiger charge is 2.36. The maximum Gasteiger partial charge on any atom is 0.304 e. The Kier molecular flexibility index (Phi) is 3.52. The molecule has 0 bridgehead atoms. The minimum Gasteiger partial charge on any atom is -0.396 e. The number of rotatable bonds is 4. The Morgan fingerprint density at radius 2 is 2.11 bits per heavy atom. The molecule has 1 heterocycles. The van der Waals surface area contributed by atoms with Crippen LogP contribution in [0.2, 0.25) is 0 Å². The van der Waals surface area contributed by atoms with Crippen molar-refractivity contribution in [1.29, 1.82) is 0 Å².